The molecule has 0 atom stereocenters. The predicted molar refractivity (Wildman–Crippen MR) is 35.8 cm³/mol. The second-order valence-electron chi connectivity index (χ2n) is 1.84. The first kappa shape index (κ1) is 8.74. The smallest absolute Gasteiger partial charge is 0.341 e. The van der Waals surface area contributed by atoms with Crippen molar-refractivity contribution in [1.82, 2.24) is 4.98 Å². The number of rotatable bonds is 0. The van der Waals surface area contributed by atoms with E-state index in [0.717, 1.165) is 6.07 Å². The van der Waals surface area contributed by atoms with Gasteiger partial charge < -0.3 is 4.98 Å². The monoisotopic (exact) mass is 203 g/mol. The summed E-state index contributed by atoms with van der Waals surface area (Å²) in [5.41, 5.74) is -1.01. The van der Waals surface area contributed by atoms with Gasteiger partial charge in [-0.1, -0.05) is 23.2 Å². The summed E-state index contributed by atoms with van der Waals surface area (Å²) >= 11 is 10.4. The average molecular weight is 204 g/mol. The van der Waals surface area contributed by atoms with Gasteiger partial charge >= 0.3 is 6.18 Å². The number of H-pyrrole nitrogens is 1. The molecule has 1 rings (SSSR count). The highest BCUT2D eigenvalue weighted by molar-refractivity contribution is 6.35. The van der Waals surface area contributed by atoms with Crippen LogP contribution < -0.4 is 0 Å². The number of alkyl halides is 3. The van der Waals surface area contributed by atoms with E-state index in [2.05, 4.69) is 0 Å². The summed E-state index contributed by atoms with van der Waals surface area (Å²) in [6.07, 6.45) is -4.47. The molecule has 0 aliphatic heterocycles. The lowest BCUT2D eigenvalue weighted by molar-refractivity contribution is -0.140. The third kappa shape index (κ3) is 1.81. The standard InChI is InChI=1S/C5H2Cl2F3N/c6-2-1-3(7)11-4(2)5(8,9)10/h1,11H. The van der Waals surface area contributed by atoms with Gasteiger partial charge in [-0.15, -0.1) is 0 Å². The van der Waals surface area contributed by atoms with Gasteiger partial charge in [0.2, 0.25) is 0 Å². The van der Waals surface area contributed by atoms with Crippen LogP contribution in [0.3, 0.4) is 0 Å². The van der Waals surface area contributed by atoms with Crippen molar-refractivity contribution in [1.29, 1.82) is 0 Å². The molecule has 1 aromatic rings. The molecule has 0 radical (unpaired) electrons. The Morgan fingerprint density at radius 1 is 1.27 bits per heavy atom. The van der Waals surface area contributed by atoms with E-state index in [9.17, 15) is 13.2 Å². The van der Waals surface area contributed by atoms with Gasteiger partial charge in [0.15, 0.2) is 0 Å². The van der Waals surface area contributed by atoms with Gasteiger partial charge in [-0.05, 0) is 6.07 Å². The molecule has 1 heterocycles. The van der Waals surface area contributed by atoms with Crippen LogP contribution in [0.1, 0.15) is 5.69 Å². The highest BCUT2D eigenvalue weighted by atomic mass is 35.5. The van der Waals surface area contributed by atoms with Gasteiger partial charge in [0.1, 0.15) is 10.8 Å². The van der Waals surface area contributed by atoms with Crippen LogP contribution in [0.4, 0.5) is 13.2 Å². The number of aromatic nitrogens is 1. The first-order chi connectivity index (χ1) is 4.91. The van der Waals surface area contributed by atoms with Gasteiger partial charge in [-0.25, -0.2) is 0 Å². The molecule has 0 aliphatic rings. The number of nitrogens with one attached hydrogen (secondary N) is 1. The Kier molecular flexibility index (Phi) is 2.07. The van der Waals surface area contributed by atoms with E-state index in [-0.39, 0.29) is 5.15 Å². The van der Waals surface area contributed by atoms with Gasteiger partial charge in [-0.3, -0.25) is 0 Å². The summed E-state index contributed by atoms with van der Waals surface area (Å²) in [6.45, 7) is 0. The zero-order valence-electron chi connectivity index (χ0n) is 4.97. The molecule has 0 spiro atoms. The van der Waals surface area contributed by atoms with Gasteiger partial charge in [-0.2, -0.15) is 13.2 Å². The van der Waals surface area contributed by atoms with Crippen LogP contribution in [-0.2, 0) is 6.18 Å². The van der Waals surface area contributed by atoms with E-state index in [1.54, 1.807) is 0 Å². The van der Waals surface area contributed by atoms with Crippen LogP contribution in [0.2, 0.25) is 10.2 Å². The Balaban J connectivity index is 3.13. The normalized spacial score (nSPS) is 12.1. The van der Waals surface area contributed by atoms with Crippen LogP contribution in [0.15, 0.2) is 6.07 Å². The Morgan fingerprint density at radius 3 is 2.00 bits per heavy atom. The van der Waals surface area contributed by atoms with Crippen molar-refractivity contribution in [3.8, 4) is 0 Å². The maximum atomic E-state index is 11.9. The lowest BCUT2D eigenvalue weighted by atomic mass is 10.4. The number of halogens is 5. The number of hydrogen-bond donors (Lipinski definition) is 1. The zero-order valence-corrected chi connectivity index (χ0v) is 6.48. The van der Waals surface area contributed by atoms with Gasteiger partial charge in [0.25, 0.3) is 0 Å². The number of aromatic amines is 1. The first-order valence-electron chi connectivity index (χ1n) is 2.52. The summed E-state index contributed by atoms with van der Waals surface area (Å²) < 4.78 is 35.7. The molecule has 6 heteroatoms. The third-order valence-electron chi connectivity index (χ3n) is 1.02. The molecule has 0 unspecified atom stereocenters. The highest BCUT2D eigenvalue weighted by Crippen LogP contribution is 2.35. The van der Waals surface area contributed by atoms with Crippen LogP contribution in [0, 0.1) is 0 Å². The SMILES string of the molecule is FC(F)(F)c1[nH]c(Cl)cc1Cl. The molecular weight excluding hydrogens is 202 g/mol. The topological polar surface area (TPSA) is 15.8 Å². The highest BCUT2D eigenvalue weighted by Gasteiger charge is 2.35. The molecule has 0 aromatic carbocycles. The molecule has 0 aliphatic carbocycles. The second-order valence-corrected chi connectivity index (χ2v) is 2.65. The van der Waals surface area contributed by atoms with Crippen molar-refractivity contribution in [2.45, 2.75) is 6.18 Å². The van der Waals surface area contributed by atoms with E-state index in [0.29, 0.717) is 0 Å². The summed E-state index contributed by atoms with van der Waals surface area (Å²) in [5, 5.41) is -0.537. The molecule has 1 N–H and O–H groups in total. The molecule has 0 bridgehead atoms. The van der Waals surface area contributed by atoms with Crippen molar-refractivity contribution in [2.24, 2.45) is 0 Å². The summed E-state index contributed by atoms with van der Waals surface area (Å²) in [7, 11) is 0. The van der Waals surface area contributed by atoms with E-state index < -0.39 is 16.9 Å². The molecule has 62 valence electrons. The largest absolute Gasteiger partial charge is 0.432 e. The fourth-order valence-corrected chi connectivity index (χ4v) is 1.13. The van der Waals surface area contributed by atoms with Crippen molar-refractivity contribution >= 4 is 23.2 Å². The lowest BCUT2D eigenvalue weighted by Gasteiger charge is -2.02. The Hall–Kier alpha value is -0.350. The lowest BCUT2D eigenvalue weighted by Crippen LogP contribution is -2.05. The fourth-order valence-electron chi connectivity index (χ4n) is 0.605. The summed E-state index contributed by atoms with van der Waals surface area (Å²) in [6, 6.07) is 1.01. The Bertz CT molecular complexity index is 265. The average Bonchev–Trinajstić information content (AvgIpc) is 2.08. The minimum Gasteiger partial charge on any atom is -0.341 e. The second kappa shape index (κ2) is 2.60. The Morgan fingerprint density at radius 2 is 1.82 bits per heavy atom. The first-order valence-corrected chi connectivity index (χ1v) is 3.28. The summed E-state index contributed by atoms with van der Waals surface area (Å²) in [4.78, 5) is 1.89. The minimum atomic E-state index is -4.47. The molecule has 1 aromatic heterocycles. The quantitative estimate of drug-likeness (QED) is 0.666. The molecule has 0 saturated carbocycles. The minimum absolute atomic E-state index is 0.123. The molecular formula is C5H2Cl2F3N. The van der Waals surface area contributed by atoms with Crippen LogP contribution in [0.5, 0.6) is 0 Å². The Labute approximate surface area is 70.1 Å². The van der Waals surface area contributed by atoms with Crippen LogP contribution in [0.25, 0.3) is 0 Å². The third-order valence-corrected chi connectivity index (χ3v) is 1.52. The van der Waals surface area contributed by atoms with E-state index in [1.165, 1.54) is 0 Å². The molecule has 0 amide bonds. The van der Waals surface area contributed by atoms with E-state index >= 15 is 0 Å². The number of hydrogen-bond acceptors (Lipinski definition) is 0. The zero-order chi connectivity index (χ0) is 8.65. The molecule has 0 saturated heterocycles. The molecule has 0 fully saturated rings. The van der Waals surface area contributed by atoms with Crippen LogP contribution in [-0.4, -0.2) is 4.98 Å². The van der Waals surface area contributed by atoms with E-state index in [4.69, 9.17) is 23.2 Å². The van der Waals surface area contributed by atoms with E-state index in [1.807, 2.05) is 4.98 Å². The molecule has 1 nitrogen and oxygen atoms in total. The maximum Gasteiger partial charge on any atom is 0.432 e. The van der Waals surface area contributed by atoms with Crippen molar-refractivity contribution < 1.29 is 13.2 Å². The van der Waals surface area contributed by atoms with Crippen molar-refractivity contribution in [3.63, 3.8) is 0 Å². The predicted octanol–water partition coefficient (Wildman–Crippen LogP) is 3.34. The van der Waals surface area contributed by atoms with Crippen LogP contribution >= 0.6 is 23.2 Å². The van der Waals surface area contributed by atoms with Gasteiger partial charge in [0, 0.05) is 0 Å². The van der Waals surface area contributed by atoms with Crippen molar-refractivity contribution in [2.75, 3.05) is 0 Å². The summed E-state index contributed by atoms with van der Waals surface area (Å²) in [5.74, 6) is 0. The molecule has 11 heavy (non-hydrogen) atoms. The van der Waals surface area contributed by atoms with Gasteiger partial charge in [0.05, 0.1) is 5.02 Å². The maximum absolute atomic E-state index is 11.9. The van der Waals surface area contributed by atoms with Crippen molar-refractivity contribution in [3.05, 3.63) is 21.9 Å². The fraction of sp³-hybridized carbons (Fsp3) is 0.200.